The Morgan fingerprint density at radius 2 is 1.81 bits per heavy atom. The number of benzene rings is 3. The van der Waals surface area contributed by atoms with Crippen LogP contribution >= 0.6 is 0 Å². The molecule has 1 aliphatic carbocycles. The van der Waals surface area contributed by atoms with Gasteiger partial charge in [0, 0.05) is 29.3 Å². The molecule has 0 saturated heterocycles. The Morgan fingerprint density at radius 1 is 1.04 bits per heavy atom. The van der Waals surface area contributed by atoms with Gasteiger partial charge in [0.1, 0.15) is 0 Å². The minimum atomic E-state index is -0.454. The molecule has 3 aromatic rings. The molecule has 0 fully saturated rings. The Kier molecular flexibility index (Phi) is 3.97. The van der Waals surface area contributed by atoms with Crippen molar-refractivity contribution in [3.05, 3.63) is 87.5 Å². The average Bonchev–Trinajstić information content (AvgIpc) is 3.07. The van der Waals surface area contributed by atoms with E-state index in [-0.39, 0.29) is 11.6 Å². The molecule has 1 amide bonds. The van der Waals surface area contributed by atoms with Gasteiger partial charge >= 0.3 is 0 Å². The third-order valence-corrected chi connectivity index (χ3v) is 4.64. The topological polar surface area (TPSA) is 72.2 Å². The smallest absolute Gasteiger partial charge is 0.270 e. The molecule has 0 aliphatic heterocycles. The summed E-state index contributed by atoms with van der Waals surface area (Å²) in [5.74, 6) is -0.268. The molecule has 1 aliphatic rings. The van der Waals surface area contributed by atoms with Crippen molar-refractivity contribution in [2.75, 3.05) is 5.32 Å². The Labute approximate surface area is 150 Å². The van der Waals surface area contributed by atoms with Crippen LogP contribution in [0.4, 0.5) is 11.4 Å². The van der Waals surface area contributed by atoms with Gasteiger partial charge in [0.25, 0.3) is 5.69 Å². The minimum absolute atomic E-state index is 0.0000574. The highest BCUT2D eigenvalue weighted by Crippen LogP contribution is 2.34. The lowest BCUT2D eigenvalue weighted by Gasteiger charge is -2.09. The lowest BCUT2D eigenvalue weighted by molar-refractivity contribution is -0.384. The second-order valence-corrected chi connectivity index (χ2v) is 6.29. The standard InChI is InChI=1S/C21H16N2O3/c24-20(12-7-14-3-1-5-17(13-14)23(25)26)22-19-11-10-16-9-8-15-4-2-6-18(19)21(15)16/h1-7,10-13H,8-9H2,(H,22,24). The summed E-state index contributed by atoms with van der Waals surface area (Å²) in [5.41, 5.74) is 4.03. The monoisotopic (exact) mass is 344 g/mol. The van der Waals surface area contributed by atoms with E-state index < -0.39 is 4.92 Å². The van der Waals surface area contributed by atoms with Gasteiger partial charge in [0.05, 0.1) is 4.92 Å². The molecule has 0 saturated carbocycles. The summed E-state index contributed by atoms with van der Waals surface area (Å²) < 4.78 is 0. The molecule has 5 heteroatoms. The van der Waals surface area contributed by atoms with Gasteiger partial charge in [0.2, 0.25) is 5.91 Å². The van der Waals surface area contributed by atoms with E-state index in [0.717, 1.165) is 23.9 Å². The summed E-state index contributed by atoms with van der Waals surface area (Å²) in [5, 5.41) is 16.0. The van der Waals surface area contributed by atoms with Gasteiger partial charge in [-0.05, 0) is 47.1 Å². The second kappa shape index (κ2) is 6.44. The lowest BCUT2D eigenvalue weighted by Crippen LogP contribution is -2.08. The first-order valence-electron chi connectivity index (χ1n) is 8.39. The van der Waals surface area contributed by atoms with Gasteiger partial charge < -0.3 is 5.32 Å². The fourth-order valence-electron chi connectivity index (χ4n) is 3.44. The molecule has 1 N–H and O–H groups in total. The number of rotatable bonds is 4. The lowest BCUT2D eigenvalue weighted by atomic mass is 10.0. The van der Waals surface area contributed by atoms with Crippen LogP contribution in [0.15, 0.2) is 60.7 Å². The van der Waals surface area contributed by atoms with E-state index in [0.29, 0.717) is 5.56 Å². The zero-order chi connectivity index (χ0) is 18.1. The van der Waals surface area contributed by atoms with Gasteiger partial charge in [-0.25, -0.2) is 0 Å². The highest BCUT2D eigenvalue weighted by Gasteiger charge is 2.16. The molecular formula is C21H16N2O3. The van der Waals surface area contributed by atoms with Crippen LogP contribution in [0, 0.1) is 10.1 Å². The quantitative estimate of drug-likeness (QED) is 0.430. The molecule has 0 bridgehead atoms. The predicted molar refractivity (Wildman–Crippen MR) is 102 cm³/mol. The predicted octanol–water partition coefficient (Wildman–Crippen LogP) is 4.50. The van der Waals surface area contributed by atoms with Gasteiger partial charge in [-0.15, -0.1) is 0 Å². The molecule has 26 heavy (non-hydrogen) atoms. The molecule has 3 aromatic carbocycles. The van der Waals surface area contributed by atoms with Crippen molar-refractivity contribution in [1.82, 2.24) is 0 Å². The summed E-state index contributed by atoms with van der Waals surface area (Å²) in [6.45, 7) is 0. The number of nitro groups is 1. The number of amides is 1. The van der Waals surface area contributed by atoms with E-state index in [4.69, 9.17) is 0 Å². The first-order valence-corrected chi connectivity index (χ1v) is 8.39. The zero-order valence-electron chi connectivity index (χ0n) is 13.9. The number of carbonyl (C=O) groups is 1. The van der Waals surface area contributed by atoms with E-state index in [2.05, 4.69) is 17.4 Å². The number of anilines is 1. The van der Waals surface area contributed by atoms with Crippen LogP contribution in [0.3, 0.4) is 0 Å². The van der Waals surface area contributed by atoms with Crippen molar-refractivity contribution in [2.24, 2.45) is 0 Å². The maximum Gasteiger partial charge on any atom is 0.270 e. The van der Waals surface area contributed by atoms with Crippen LogP contribution in [0.1, 0.15) is 16.7 Å². The third-order valence-electron chi connectivity index (χ3n) is 4.64. The fourth-order valence-corrected chi connectivity index (χ4v) is 3.44. The molecule has 4 rings (SSSR count). The Hall–Kier alpha value is -3.47. The first kappa shape index (κ1) is 16.0. The highest BCUT2D eigenvalue weighted by molar-refractivity contribution is 6.09. The van der Waals surface area contributed by atoms with Crippen molar-refractivity contribution in [2.45, 2.75) is 12.8 Å². The number of hydrogen-bond acceptors (Lipinski definition) is 3. The van der Waals surface area contributed by atoms with Crippen molar-refractivity contribution >= 4 is 34.1 Å². The zero-order valence-corrected chi connectivity index (χ0v) is 13.9. The maximum absolute atomic E-state index is 12.3. The van der Waals surface area contributed by atoms with Gasteiger partial charge in [-0.3, -0.25) is 14.9 Å². The van der Waals surface area contributed by atoms with E-state index in [1.807, 2.05) is 18.2 Å². The molecule has 0 spiro atoms. The molecule has 128 valence electrons. The highest BCUT2D eigenvalue weighted by atomic mass is 16.6. The van der Waals surface area contributed by atoms with Gasteiger partial charge in [-0.2, -0.15) is 0 Å². The van der Waals surface area contributed by atoms with E-state index >= 15 is 0 Å². The van der Waals surface area contributed by atoms with Crippen LogP contribution < -0.4 is 5.32 Å². The van der Waals surface area contributed by atoms with Crippen LogP contribution in [-0.4, -0.2) is 10.8 Å². The molecule has 0 radical (unpaired) electrons. The Balaban J connectivity index is 1.57. The summed E-state index contributed by atoms with van der Waals surface area (Å²) >= 11 is 0. The molecular weight excluding hydrogens is 328 g/mol. The van der Waals surface area contributed by atoms with Crippen LogP contribution in [-0.2, 0) is 17.6 Å². The summed E-state index contributed by atoms with van der Waals surface area (Å²) in [6, 6.07) is 16.3. The molecule has 0 unspecified atom stereocenters. The SMILES string of the molecule is O=C(C=Cc1cccc([N+](=O)[O-])c1)Nc1ccc2c3c(cccc13)CC2. The number of hydrogen-bond donors (Lipinski definition) is 1. The number of aryl methyl sites for hydroxylation is 2. The Morgan fingerprint density at radius 3 is 2.62 bits per heavy atom. The van der Waals surface area contributed by atoms with Crippen molar-refractivity contribution in [1.29, 1.82) is 0 Å². The molecule has 0 aromatic heterocycles. The molecule has 5 nitrogen and oxygen atoms in total. The van der Waals surface area contributed by atoms with Crippen molar-refractivity contribution in [3.63, 3.8) is 0 Å². The number of carbonyl (C=O) groups excluding carboxylic acids is 1. The number of nitrogens with one attached hydrogen (secondary N) is 1. The summed E-state index contributed by atoms with van der Waals surface area (Å²) in [7, 11) is 0. The summed E-state index contributed by atoms with van der Waals surface area (Å²) in [6.07, 6.45) is 5.04. The van der Waals surface area contributed by atoms with Gasteiger partial charge in [0.15, 0.2) is 0 Å². The second-order valence-electron chi connectivity index (χ2n) is 6.29. The van der Waals surface area contributed by atoms with Crippen molar-refractivity contribution < 1.29 is 9.72 Å². The van der Waals surface area contributed by atoms with E-state index in [1.54, 1.807) is 18.2 Å². The molecule has 0 atom stereocenters. The molecule has 0 heterocycles. The minimum Gasteiger partial charge on any atom is -0.322 e. The van der Waals surface area contributed by atoms with E-state index in [9.17, 15) is 14.9 Å². The number of nitrogens with zero attached hydrogens (tertiary/aromatic N) is 1. The largest absolute Gasteiger partial charge is 0.322 e. The maximum atomic E-state index is 12.3. The average molecular weight is 344 g/mol. The summed E-state index contributed by atoms with van der Waals surface area (Å²) in [4.78, 5) is 22.7. The third kappa shape index (κ3) is 2.95. The van der Waals surface area contributed by atoms with Crippen LogP contribution in [0.5, 0.6) is 0 Å². The normalized spacial score (nSPS) is 12.6. The number of nitro benzene ring substituents is 1. The fraction of sp³-hybridized carbons (Fsp3) is 0.0952. The van der Waals surface area contributed by atoms with Crippen molar-refractivity contribution in [3.8, 4) is 0 Å². The van der Waals surface area contributed by atoms with Gasteiger partial charge in [-0.1, -0.05) is 36.4 Å². The van der Waals surface area contributed by atoms with E-state index in [1.165, 1.54) is 34.7 Å². The van der Waals surface area contributed by atoms with Crippen LogP contribution in [0.2, 0.25) is 0 Å². The number of non-ortho nitro benzene ring substituents is 1. The van der Waals surface area contributed by atoms with Crippen LogP contribution in [0.25, 0.3) is 16.8 Å². The Bertz CT molecular complexity index is 1060. The first-order chi connectivity index (χ1) is 12.6.